The lowest BCUT2D eigenvalue weighted by Gasteiger charge is -1.98. The van der Waals surface area contributed by atoms with Gasteiger partial charge in [0.2, 0.25) is 0 Å². The molecule has 0 nitrogen and oxygen atoms in total. The van der Waals surface area contributed by atoms with E-state index in [2.05, 4.69) is 46.5 Å². The zero-order valence-electron chi connectivity index (χ0n) is 6.51. The van der Waals surface area contributed by atoms with Gasteiger partial charge < -0.3 is 0 Å². The topological polar surface area (TPSA) is 0 Å². The fourth-order valence-corrected chi connectivity index (χ4v) is 1.79. The lowest BCUT2D eigenvalue weighted by atomic mass is 10.2. The minimum atomic E-state index is 0.951. The zero-order valence-corrected chi connectivity index (χ0v) is 8.91. The van der Waals surface area contributed by atoms with Crippen LogP contribution in [-0.2, 0) is 11.1 Å². The maximum atomic E-state index is 3.42. The van der Waals surface area contributed by atoms with Gasteiger partial charge in [-0.05, 0) is 17.4 Å². The molecule has 0 N–H and O–H groups in total. The van der Waals surface area contributed by atoms with Crippen LogP contribution >= 0.6 is 27.7 Å². The maximum absolute atomic E-state index is 3.42. The zero-order chi connectivity index (χ0) is 8.10. The number of hydrogen-bond donors (Lipinski definition) is 0. The molecule has 60 valence electrons. The second kappa shape index (κ2) is 4.83. The highest BCUT2D eigenvalue weighted by Gasteiger charge is 1.91. The predicted molar refractivity (Wildman–Crippen MR) is 56.3 cm³/mol. The fourth-order valence-electron chi connectivity index (χ4n) is 0.891. The van der Waals surface area contributed by atoms with E-state index in [0.717, 1.165) is 11.1 Å². The van der Waals surface area contributed by atoms with Gasteiger partial charge in [-0.1, -0.05) is 40.2 Å². The van der Waals surface area contributed by atoms with Crippen molar-refractivity contribution in [3.8, 4) is 0 Å². The minimum Gasteiger partial charge on any atom is -0.161 e. The third-order valence-corrected chi connectivity index (χ3v) is 2.76. The van der Waals surface area contributed by atoms with E-state index >= 15 is 0 Å². The van der Waals surface area contributed by atoms with Crippen molar-refractivity contribution in [3.63, 3.8) is 0 Å². The normalized spacial score (nSPS) is 10.0. The van der Waals surface area contributed by atoms with Crippen LogP contribution in [0.3, 0.4) is 0 Å². The molecule has 0 aromatic heterocycles. The highest BCUT2D eigenvalue weighted by atomic mass is 79.9. The molecule has 0 heterocycles. The van der Waals surface area contributed by atoms with Gasteiger partial charge in [0.1, 0.15) is 0 Å². The summed E-state index contributed by atoms with van der Waals surface area (Å²) in [6.07, 6.45) is 2.12. The van der Waals surface area contributed by atoms with Crippen molar-refractivity contribution in [2.24, 2.45) is 0 Å². The van der Waals surface area contributed by atoms with Crippen LogP contribution in [0.25, 0.3) is 0 Å². The van der Waals surface area contributed by atoms with Gasteiger partial charge in [0, 0.05) is 11.1 Å². The average Bonchev–Trinajstić information content (AvgIpc) is 2.07. The number of halogens is 1. The molecule has 0 saturated heterocycles. The molecule has 0 fully saturated rings. The lowest BCUT2D eigenvalue weighted by molar-refractivity contribution is 1.35. The van der Waals surface area contributed by atoms with Gasteiger partial charge >= 0.3 is 0 Å². The van der Waals surface area contributed by atoms with Crippen LogP contribution in [0.2, 0.25) is 0 Å². The number of benzene rings is 1. The first-order valence-corrected chi connectivity index (χ1v) is 6.01. The van der Waals surface area contributed by atoms with Gasteiger partial charge in [0.25, 0.3) is 0 Å². The van der Waals surface area contributed by atoms with Crippen LogP contribution < -0.4 is 0 Å². The molecule has 0 spiro atoms. The van der Waals surface area contributed by atoms with E-state index in [0.29, 0.717) is 0 Å². The van der Waals surface area contributed by atoms with Crippen molar-refractivity contribution in [2.75, 3.05) is 6.26 Å². The van der Waals surface area contributed by atoms with Gasteiger partial charge in [0.05, 0.1) is 0 Å². The Bertz CT molecular complexity index is 205. The predicted octanol–water partition coefficient (Wildman–Crippen LogP) is 3.44. The fraction of sp³-hybridized carbons (Fsp3) is 0.333. The summed E-state index contributed by atoms with van der Waals surface area (Å²) < 4.78 is 0. The number of rotatable bonds is 3. The highest BCUT2D eigenvalue weighted by molar-refractivity contribution is 9.08. The third kappa shape index (κ3) is 2.88. The molecule has 0 amide bonds. The molecule has 0 saturated carbocycles. The molecule has 0 aliphatic heterocycles. The molecular weight excluding hydrogens is 220 g/mol. The summed E-state index contributed by atoms with van der Waals surface area (Å²) in [6.45, 7) is 0. The van der Waals surface area contributed by atoms with Crippen LogP contribution in [0, 0.1) is 0 Å². The Hall–Kier alpha value is 0.0500. The second-order valence-electron chi connectivity index (χ2n) is 2.38. The molecule has 0 atom stereocenters. The van der Waals surface area contributed by atoms with E-state index in [1.54, 1.807) is 0 Å². The Kier molecular flexibility index (Phi) is 4.02. The Morgan fingerprint density at radius 2 is 1.73 bits per heavy atom. The average molecular weight is 231 g/mol. The van der Waals surface area contributed by atoms with Gasteiger partial charge in [-0.2, -0.15) is 11.8 Å². The van der Waals surface area contributed by atoms with E-state index < -0.39 is 0 Å². The number of hydrogen-bond acceptors (Lipinski definition) is 1. The lowest BCUT2D eigenvalue weighted by Crippen LogP contribution is -1.81. The molecular formula is C9H11BrS. The van der Waals surface area contributed by atoms with Crippen LogP contribution in [0.4, 0.5) is 0 Å². The van der Waals surface area contributed by atoms with E-state index in [1.165, 1.54) is 11.1 Å². The molecule has 0 bridgehead atoms. The number of thioether (sulfide) groups is 1. The maximum Gasteiger partial charge on any atom is 0.0283 e. The summed E-state index contributed by atoms with van der Waals surface area (Å²) in [5.41, 5.74) is 2.75. The van der Waals surface area contributed by atoms with E-state index in [-0.39, 0.29) is 0 Å². The summed E-state index contributed by atoms with van der Waals surface area (Å²) >= 11 is 5.27. The molecule has 1 aromatic rings. The monoisotopic (exact) mass is 230 g/mol. The van der Waals surface area contributed by atoms with Crippen LogP contribution in [0.5, 0.6) is 0 Å². The second-order valence-corrected chi connectivity index (χ2v) is 3.81. The van der Waals surface area contributed by atoms with Crippen molar-refractivity contribution in [1.29, 1.82) is 0 Å². The highest BCUT2D eigenvalue weighted by Crippen LogP contribution is 2.11. The van der Waals surface area contributed by atoms with Crippen molar-refractivity contribution in [2.45, 2.75) is 11.1 Å². The Morgan fingerprint density at radius 1 is 1.18 bits per heavy atom. The van der Waals surface area contributed by atoms with Gasteiger partial charge in [-0.15, -0.1) is 0 Å². The van der Waals surface area contributed by atoms with Crippen LogP contribution in [0.15, 0.2) is 24.3 Å². The first-order chi connectivity index (χ1) is 5.36. The van der Waals surface area contributed by atoms with Crippen molar-refractivity contribution in [3.05, 3.63) is 35.4 Å². The SMILES string of the molecule is CSCc1ccc(CBr)cc1. The molecule has 0 aliphatic rings. The summed E-state index contributed by atoms with van der Waals surface area (Å²) in [5, 5.41) is 0.951. The Morgan fingerprint density at radius 3 is 2.18 bits per heavy atom. The molecule has 2 heteroatoms. The smallest absolute Gasteiger partial charge is 0.0283 e. The molecule has 0 radical (unpaired) electrons. The summed E-state index contributed by atoms with van der Waals surface area (Å²) in [5.74, 6) is 1.11. The Labute approximate surface area is 80.5 Å². The molecule has 0 aliphatic carbocycles. The van der Waals surface area contributed by atoms with E-state index in [1.807, 2.05) is 11.8 Å². The standard InChI is InChI=1S/C9H11BrS/c1-11-7-9-4-2-8(6-10)3-5-9/h2-5H,6-7H2,1H3. The molecule has 1 aromatic carbocycles. The largest absolute Gasteiger partial charge is 0.161 e. The van der Waals surface area contributed by atoms with Crippen molar-refractivity contribution < 1.29 is 0 Å². The minimum absolute atomic E-state index is 0.951. The van der Waals surface area contributed by atoms with Crippen LogP contribution in [0.1, 0.15) is 11.1 Å². The van der Waals surface area contributed by atoms with Crippen LogP contribution in [-0.4, -0.2) is 6.26 Å². The summed E-state index contributed by atoms with van der Waals surface area (Å²) in [7, 11) is 0. The first-order valence-electron chi connectivity index (χ1n) is 3.49. The molecule has 0 unspecified atom stereocenters. The molecule has 11 heavy (non-hydrogen) atoms. The van der Waals surface area contributed by atoms with Gasteiger partial charge in [-0.25, -0.2) is 0 Å². The first kappa shape index (κ1) is 9.14. The molecule has 1 rings (SSSR count). The Balaban J connectivity index is 2.66. The van der Waals surface area contributed by atoms with Gasteiger partial charge in [-0.3, -0.25) is 0 Å². The summed E-state index contributed by atoms with van der Waals surface area (Å²) in [4.78, 5) is 0. The number of alkyl halides is 1. The summed E-state index contributed by atoms with van der Waals surface area (Å²) in [6, 6.07) is 8.71. The van der Waals surface area contributed by atoms with Crippen molar-refractivity contribution in [1.82, 2.24) is 0 Å². The quantitative estimate of drug-likeness (QED) is 0.718. The van der Waals surface area contributed by atoms with E-state index in [4.69, 9.17) is 0 Å². The third-order valence-electron chi connectivity index (χ3n) is 1.49. The van der Waals surface area contributed by atoms with Gasteiger partial charge in [0.15, 0.2) is 0 Å². The van der Waals surface area contributed by atoms with E-state index in [9.17, 15) is 0 Å². The van der Waals surface area contributed by atoms with Crippen molar-refractivity contribution >= 4 is 27.7 Å².